The van der Waals surface area contributed by atoms with Gasteiger partial charge >= 0.3 is 0 Å². The maximum absolute atomic E-state index is 12.1. The molecule has 2 aromatic rings. The number of hydrogen-bond acceptors (Lipinski definition) is 5. The van der Waals surface area contributed by atoms with Gasteiger partial charge in [-0.25, -0.2) is 0 Å². The van der Waals surface area contributed by atoms with Crippen molar-refractivity contribution in [2.24, 2.45) is 0 Å². The second kappa shape index (κ2) is 4.62. The Kier molecular flexibility index (Phi) is 3.18. The number of halogens is 1. The second-order valence-electron chi connectivity index (χ2n) is 3.26. The molecule has 0 fully saturated rings. The summed E-state index contributed by atoms with van der Waals surface area (Å²) >= 11 is 3.30. The molecule has 2 heterocycles. The van der Waals surface area contributed by atoms with Crippen molar-refractivity contribution in [3.05, 3.63) is 16.4 Å². The molecule has 9 heteroatoms. The molecular weight excluding hydrogens is 290 g/mol. The van der Waals surface area contributed by atoms with Crippen molar-refractivity contribution < 1.29 is 4.79 Å². The second-order valence-corrected chi connectivity index (χ2v) is 4.11. The number of hydrogen-bond donors (Lipinski definition) is 1. The van der Waals surface area contributed by atoms with Gasteiger partial charge in [-0.15, -0.1) is 5.10 Å². The molecule has 8 nitrogen and oxygen atoms in total. The SMILES string of the molecule is CCn1cc(Br)c(C(=O)N(C)c2nn[nH]n2)n1. The van der Waals surface area contributed by atoms with E-state index in [1.54, 1.807) is 17.9 Å². The number of H-pyrrole nitrogens is 1. The monoisotopic (exact) mass is 299 g/mol. The van der Waals surface area contributed by atoms with Crippen LogP contribution in [-0.2, 0) is 6.54 Å². The van der Waals surface area contributed by atoms with Crippen molar-refractivity contribution in [2.45, 2.75) is 13.5 Å². The van der Waals surface area contributed by atoms with Crippen LogP contribution in [0.3, 0.4) is 0 Å². The van der Waals surface area contributed by atoms with E-state index < -0.39 is 0 Å². The van der Waals surface area contributed by atoms with Crippen molar-refractivity contribution in [1.82, 2.24) is 30.4 Å². The highest BCUT2D eigenvalue weighted by Crippen LogP contribution is 2.17. The Morgan fingerprint density at radius 3 is 2.94 bits per heavy atom. The molecular formula is C8H10BrN7O. The van der Waals surface area contributed by atoms with Crippen LogP contribution in [0.2, 0.25) is 0 Å². The molecule has 0 bridgehead atoms. The predicted molar refractivity (Wildman–Crippen MR) is 62.5 cm³/mol. The number of carbonyl (C=O) groups excluding carboxylic acids is 1. The number of nitrogens with zero attached hydrogens (tertiary/aromatic N) is 6. The first-order valence-electron chi connectivity index (χ1n) is 4.88. The summed E-state index contributed by atoms with van der Waals surface area (Å²) in [4.78, 5) is 13.4. The molecule has 0 spiro atoms. The Hall–Kier alpha value is -1.77. The van der Waals surface area contributed by atoms with Gasteiger partial charge < -0.3 is 0 Å². The van der Waals surface area contributed by atoms with Crippen LogP contribution >= 0.6 is 15.9 Å². The van der Waals surface area contributed by atoms with Crippen LogP contribution in [0.4, 0.5) is 5.95 Å². The van der Waals surface area contributed by atoms with Gasteiger partial charge in [0.05, 0.1) is 4.47 Å². The highest BCUT2D eigenvalue weighted by atomic mass is 79.9. The first kappa shape index (κ1) is 11.7. The molecule has 90 valence electrons. The van der Waals surface area contributed by atoms with Crippen LogP contribution in [0.5, 0.6) is 0 Å². The van der Waals surface area contributed by atoms with Crippen LogP contribution in [-0.4, -0.2) is 43.4 Å². The van der Waals surface area contributed by atoms with Crippen LogP contribution < -0.4 is 4.90 Å². The molecule has 0 atom stereocenters. The van der Waals surface area contributed by atoms with Crippen molar-refractivity contribution in [1.29, 1.82) is 0 Å². The fraction of sp³-hybridized carbons (Fsp3) is 0.375. The Labute approximate surface area is 105 Å². The van der Waals surface area contributed by atoms with Gasteiger partial charge in [0.1, 0.15) is 0 Å². The maximum atomic E-state index is 12.1. The van der Waals surface area contributed by atoms with E-state index in [0.29, 0.717) is 16.7 Å². The van der Waals surface area contributed by atoms with E-state index in [1.165, 1.54) is 4.90 Å². The molecule has 1 amide bonds. The molecule has 17 heavy (non-hydrogen) atoms. The van der Waals surface area contributed by atoms with Gasteiger partial charge in [-0.2, -0.15) is 10.3 Å². The molecule has 0 aliphatic carbocycles. The van der Waals surface area contributed by atoms with E-state index in [-0.39, 0.29) is 11.9 Å². The number of anilines is 1. The molecule has 1 N–H and O–H groups in total. The van der Waals surface area contributed by atoms with Crippen molar-refractivity contribution >= 4 is 27.8 Å². The molecule has 2 aromatic heterocycles. The Balaban J connectivity index is 2.27. The van der Waals surface area contributed by atoms with Gasteiger partial charge in [0.15, 0.2) is 5.69 Å². The van der Waals surface area contributed by atoms with Crippen LogP contribution in [0.15, 0.2) is 10.7 Å². The van der Waals surface area contributed by atoms with E-state index in [9.17, 15) is 4.79 Å². The number of carbonyl (C=O) groups is 1. The molecule has 0 radical (unpaired) electrons. The summed E-state index contributed by atoms with van der Waals surface area (Å²) in [6, 6.07) is 0. The largest absolute Gasteiger partial charge is 0.282 e. The number of rotatable bonds is 3. The number of tetrazole rings is 1. The molecule has 0 aliphatic heterocycles. The lowest BCUT2D eigenvalue weighted by atomic mass is 10.4. The Morgan fingerprint density at radius 2 is 2.41 bits per heavy atom. The summed E-state index contributed by atoms with van der Waals surface area (Å²) in [5, 5.41) is 17.3. The van der Waals surface area contributed by atoms with E-state index in [1.807, 2.05) is 6.92 Å². The van der Waals surface area contributed by atoms with Gasteiger partial charge in [0.2, 0.25) is 0 Å². The zero-order valence-electron chi connectivity index (χ0n) is 9.25. The number of amides is 1. The zero-order chi connectivity index (χ0) is 12.4. The summed E-state index contributed by atoms with van der Waals surface area (Å²) in [6.07, 6.45) is 1.75. The molecule has 0 saturated heterocycles. The van der Waals surface area contributed by atoms with Gasteiger partial charge in [-0.05, 0) is 28.1 Å². The summed E-state index contributed by atoms with van der Waals surface area (Å²) in [6.45, 7) is 2.63. The first-order valence-corrected chi connectivity index (χ1v) is 5.67. The standard InChI is InChI=1S/C8H10BrN7O/c1-3-16-4-5(9)6(12-16)7(17)15(2)8-10-13-14-11-8/h4H,3H2,1-2H3,(H,10,11,13,14). The fourth-order valence-corrected chi connectivity index (χ4v) is 1.74. The summed E-state index contributed by atoms with van der Waals surface area (Å²) < 4.78 is 2.31. The minimum absolute atomic E-state index is 0.202. The lowest BCUT2D eigenvalue weighted by Gasteiger charge is -2.10. The van der Waals surface area contributed by atoms with Crippen LogP contribution in [0.1, 0.15) is 17.4 Å². The minimum atomic E-state index is -0.300. The number of aryl methyl sites for hydroxylation is 1. The molecule has 0 unspecified atom stereocenters. The average molecular weight is 300 g/mol. The first-order chi connectivity index (χ1) is 8.13. The zero-order valence-corrected chi connectivity index (χ0v) is 10.8. The highest BCUT2D eigenvalue weighted by Gasteiger charge is 2.22. The van der Waals surface area contributed by atoms with Gasteiger partial charge in [-0.3, -0.25) is 14.4 Å². The molecule has 0 aliphatic rings. The van der Waals surface area contributed by atoms with E-state index in [2.05, 4.69) is 41.7 Å². The quantitative estimate of drug-likeness (QED) is 0.888. The van der Waals surface area contributed by atoms with E-state index >= 15 is 0 Å². The predicted octanol–water partition coefficient (Wildman–Crippen LogP) is 0.455. The van der Waals surface area contributed by atoms with Crippen LogP contribution in [0, 0.1) is 0 Å². The summed E-state index contributed by atoms with van der Waals surface area (Å²) in [5.74, 6) is -0.0987. The Bertz CT molecular complexity index is 520. The van der Waals surface area contributed by atoms with Gasteiger partial charge in [0, 0.05) is 19.8 Å². The van der Waals surface area contributed by atoms with E-state index in [0.717, 1.165) is 0 Å². The van der Waals surface area contributed by atoms with Crippen LogP contribution in [0.25, 0.3) is 0 Å². The van der Waals surface area contributed by atoms with E-state index in [4.69, 9.17) is 0 Å². The summed E-state index contributed by atoms with van der Waals surface area (Å²) in [7, 11) is 1.56. The van der Waals surface area contributed by atoms with Gasteiger partial charge in [0.25, 0.3) is 11.9 Å². The van der Waals surface area contributed by atoms with Crippen molar-refractivity contribution in [2.75, 3.05) is 11.9 Å². The smallest absolute Gasteiger partial charge is 0.276 e. The third-order valence-electron chi connectivity index (χ3n) is 2.18. The maximum Gasteiger partial charge on any atom is 0.282 e. The topological polar surface area (TPSA) is 92.6 Å². The third-order valence-corrected chi connectivity index (χ3v) is 2.76. The highest BCUT2D eigenvalue weighted by molar-refractivity contribution is 9.10. The number of aromatic amines is 1. The van der Waals surface area contributed by atoms with Gasteiger partial charge in [-0.1, -0.05) is 5.10 Å². The lowest BCUT2D eigenvalue weighted by molar-refractivity contribution is 0.0985. The molecule has 2 rings (SSSR count). The minimum Gasteiger partial charge on any atom is -0.276 e. The normalized spacial score (nSPS) is 10.5. The fourth-order valence-electron chi connectivity index (χ4n) is 1.25. The van der Waals surface area contributed by atoms with Crippen molar-refractivity contribution in [3.63, 3.8) is 0 Å². The third kappa shape index (κ3) is 2.18. The summed E-state index contributed by atoms with van der Waals surface area (Å²) in [5.41, 5.74) is 0.319. The molecule has 0 saturated carbocycles. The Morgan fingerprint density at radius 1 is 1.65 bits per heavy atom. The average Bonchev–Trinajstić information content (AvgIpc) is 2.95. The van der Waals surface area contributed by atoms with Crippen molar-refractivity contribution in [3.8, 4) is 0 Å². The number of nitrogens with one attached hydrogen (secondary N) is 1. The number of aromatic nitrogens is 6. The molecule has 0 aromatic carbocycles. The lowest BCUT2D eigenvalue weighted by Crippen LogP contribution is -2.28.